The molecule has 1 aromatic rings. The van der Waals surface area contributed by atoms with E-state index in [0.29, 0.717) is 5.69 Å². The third-order valence-electron chi connectivity index (χ3n) is 3.76. The molecule has 20 heavy (non-hydrogen) atoms. The van der Waals surface area contributed by atoms with Crippen molar-refractivity contribution in [3.63, 3.8) is 0 Å². The first-order valence-electron chi connectivity index (χ1n) is 6.74. The van der Waals surface area contributed by atoms with Crippen LogP contribution in [0.1, 0.15) is 39.2 Å². The molecule has 1 amide bonds. The highest BCUT2D eigenvalue weighted by Gasteiger charge is 2.46. The van der Waals surface area contributed by atoms with Crippen molar-refractivity contribution in [1.29, 1.82) is 0 Å². The Kier molecular flexibility index (Phi) is 3.52. The zero-order chi connectivity index (χ0) is 15.1. The number of carbonyl (C=O) groups excluding carboxylic acids is 1. The summed E-state index contributed by atoms with van der Waals surface area (Å²) in [5.74, 6) is -0.362. The number of amides is 1. The molecule has 2 rings (SSSR count). The maximum absolute atomic E-state index is 12.1. The summed E-state index contributed by atoms with van der Waals surface area (Å²) in [6.45, 7) is 6.16. The fourth-order valence-corrected chi connectivity index (χ4v) is 2.32. The van der Waals surface area contributed by atoms with Crippen molar-refractivity contribution in [2.75, 3.05) is 5.32 Å². The van der Waals surface area contributed by atoms with Crippen LogP contribution in [0.3, 0.4) is 0 Å². The minimum Gasteiger partial charge on any atom is -0.506 e. The summed E-state index contributed by atoms with van der Waals surface area (Å²) >= 11 is 0. The van der Waals surface area contributed by atoms with E-state index in [0.717, 1.165) is 5.56 Å². The molecule has 1 fully saturated rings. The van der Waals surface area contributed by atoms with E-state index in [1.807, 2.05) is 6.07 Å². The van der Waals surface area contributed by atoms with E-state index in [2.05, 4.69) is 26.1 Å². The van der Waals surface area contributed by atoms with Crippen molar-refractivity contribution < 1.29 is 15.0 Å². The summed E-state index contributed by atoms with van der Waals surface area (Å²) in [5.41, 5.74) is 6.14. The Bertz CT molecular complexity index is 528. The number of nitrogens with one attached hydrogen (secondary N) is 1. The molecule has 5 nitrogen and oxygen atoms in total. The number of rotatable bonds is 2. The number of hydrogen-bond acceptors (Lipinski definition) is 4. The third-order valence-corrected chi connectivity index (χ3v) is 3.76. The highest BCUT2D eigenvalue weighted by Crippen LogP contribution is 2.34. The van der Waals surface area contributed by atoms with Gasteiger partial charge < -0.3 is 21.3 Å². The number of benzene rings is 1. The van der Waals surface area contributed by atoms with Gasteiger partial charge in [-0.05, 0) is 23.1 Å². The lowest BCUT2D eigenvalue weighted by atomic mass is 9.74. The van der Waals surface area contributed by atoms with Gasteiger partial charge in [0.1, 0.15) is 11.3 Å². The SMILES string of the molecule is CC(C)(C)c1ccc(O)c(NC(=O)C2(N)CC(O)C2)c1. The largest absolute Gasteiger partial charge is 0.506 e. The highest BCUT2D eigenvalue weighted by molar-refractivity contribution is 5.99. The molecule has 0 saturated heterocycles. The van der Waals surface area contributed by atoms with Crippen molar-refractivity contribution in [1.82, 2.24) is 0 Å². The van der Waals surface area contributed by atoms with Crippen LogP contribution in [-0.2, 0) is 10.2 Å². The molecule has 110 valence electrons. The number of carbonyl (C=O) groups is 1. The lowest BCUT2D eigenvalue weighted by Crippen LogP contribution is -2.62. The minimum absolute atomic E-state index is 0.00909. The zero-order valence-corrected chi connectivity index (χ0v) is 12.1. The fraction of sp³-hybridized carbons (Fsp3) is 0.533. The van der Waals surface area contributed by atoms with Crippen LogP contribution in [0.5, 0.6) is 5.75 Å². The molecule has 0 heterocycles. The van der Waals surface area contributed by atoms with Crippen LogP contribution in [-0.4, -0.2) is 27.8 Å². The maximum Gasteiger partial charge on any atom is 0.244 e. The van der Waals surface area contributed by atoms with E-state index in [1.54, 1.807) is 12.1 Å². The Morgan fingerprint density at radius 2 is 2.00 bits per heavy atom. The van der Waals surface area contributed by atoms with Gasteiger partial charge in [0.25, 0.3) is 0 Å². The van der Waals surface area contributed by atoms with Gasteiger partial charge in [-0.15, -0.1) is 0 Å². The number of aliphatic hydroxyl groups excluding tert-OH is 1. The molecular formula is C15H22N2O3. The van der Waals surface area contributed by atoms with Gasteiger partial charge in [0.15, 0.2) is 0 Å². The zero-order valence-electron chi connectivity index (χ0n) is 12.1. The first-order chi connectivity index (χ1) is 9.12. The van der Waals surface area contributed by atoms with Gasteiger partial charge in [-0.2, -0.15) is 0 Å². The van der Waals surface area contributed by atoms with Gasteiger partial charge in [-0.1, -0.05) is 26.8 Å². The Balaban J connectivity index is 2.19. The molecule has 1 aliphatic rings. The normalized spacial score (nSPS) is 25.9. The first kappa shape index (κ1) is 14.8. The monoisotopic (exact) mass is 278 g/mol. The lowest BCUT2D eigenvalue weighted by Gasteiger charge is -2.40. The maximum atomic E-state index is 12.1. The van der Waals surface area contributed by atoms with Crippen LogP contribution in [0.4, 0.5) is 5.69 Å². The standard InChI is InChI=1S/C15H22N2O3/c1-14(2,3)9-4-5-12(19)11(6-9)17-13(20)15(16)7-10(18)8-15/h4-6,10,18-19H,7-8,16H2,1-3H3,(H,17,20). The summed E-state index contributed by atoms with van der Waals surface area (Å²) in [5, 5.41) is 21.8. The molecule has 1 aliphatic carbocycles. The van der Waals surface area contributed by atoms with Crippen LogP contribution in [0.2, 0.25) is 0 Å². The van der Waals surface area contributed by atoms with Crippen molar-refractivity contribution >= 4 is 11.6 Å². The topological polar surface area (TPSA) is 95.6 Å². The Morgan fingerprint density at radius 3 is 2.50 bits per heavy atom. The molecular weight excluding hydrogens is 256 g/mol. The summed E-state index contributed by atoms with van der Waals surface area (Å²) in [6.07, 6.45) is -0.0165. The fourth-order valence-electron chi connectivity index (χ4n) is 2.32. The third kappa shape index (κ3) is 2.78. The molecule has 0 aliphatic heterocycles. The van der Waals surface area contributed by atoms with Gasteiger partial charge >= 0.3 is 0 Å². The Labute approximate surface area is 118 Å². The molecule has 0 atom stereocenters. The van der Waals surface area contributed by atoms with Gasteiger partial charge in [-0.25, -0.2) is 0 Å². The minimum atomic E-state index is -1.04. The second-order valence-electron chi connectivity index (χ2n) is 6.65. The van der Waals surface area contributed by atoms with E-state index < -0.39 is 11.6 Å². The smallest absolute Gasteiger partial charge is 0.244 e. The Hall–Kier alpha value is -1.59. The summed E-state index contributed by atoms with van der Waals surface area (Å²) in [7, 11) is 0. The van der Waals surface area contributed by atoms with E-state index in [9.17, 15) is 15.0 Å². The first-order valence-corrected chi connectivity index (χ1v) is 6.74. The highest BCUT2D eigenvalue weighted by atomic mass is 16.3. The van der Waals surface area contributed by atoms with E-state index >= 15 is 0 Å². The quantitative estimate of drug-likeness (QED) is 0.616. The number of hydrogen-bond donors (Lipinski definition) is 4. The van der Waals surface area contributed by atoms with Crippen molar-refractivity contribution in [2.45, 2.75) is 50.7 Å². The van der Waals surface area contributed by atoms with E-state index in [1.165, 1.54) is 0 Å². The van der Waals surface area contributed by atoms with Crippen LogP contribution < -0.4 is 11.1 Å². The number of anilines is 1. The molecule has 0 aromatic heterocycles. The molecule has 1 aromatic carbocycles. The molecule has 1 saturated carbocycles. The van der Waals surface area contributed by atoms with Crippen molar-refractivity contribution in [2.24, 2.45) is 5.73 Å². The second-order valence-corrected chi connectivity index (χ2v) is 6.65. The van der Waals surface area contributed by atoms with Gasteiger partial charge in [0.2, 0.25) is 5.91 Å². The molecule has 0 spiro atoms. The van der Waals surface area contributed by atoms with Gasteiger partial charge in [0.05, 0.1) is 11.8 Å². The van der Waals surface area contributed by atoms with Crippen LogP contribution >= 0.6 is 0 Å². The second kappa shape index (κ2) is 4.75. The predicted octanol–water partition coefficient (Wildman–Crippen LogP) is 1.48. The summed E-state index contributed by atoms with van der Waals surface area (Å²) in [4.78, 5) is 12.1. The molecule has 0 radical (unpaired) electrons. The predicted molar refractivity (Wildman–Crippen MR) is 77.6 cm³/mol. The molecule has 5 N–H and O–H groups in total. The molecule has 5 heteroatoms. The number of nitrogens with two attached hydrogens (primary N) is 1. The van der Waals surface area contributed by atoms with Crippen molar-refractivity contribution in [3.8, 4) is 5.75 Å². The molecule has 0 bridgehead atoms. The summed E-state index contributed by atoms with van der Waals surface area (Å²) in [6, 6.07) is 5.15. The van der Waals surface area contributed by atoms with E-state index in [4.69, 9.17) is 5.73 Å². The average Bonchev–Trinajstić information content (AvgIpc) is 2.28. The van der Waals surface area contributed by atoms with Crippen LogP contribution in [0.15, 0.2) is 18.2 Å². The van der Waals surface area contributed by atoms with E-state index in [-0.39, 0.29) is 29.9 Å². The number of aromatic hydroxyl groups is 1. The number of phenolic OH excluding ortho intramolecular Hbond substituents is 1. The summed E-state index contributed by atoms with van der Waals surface area (Å²) < 4.78 is 0. The van der Waals surface area contributed by atoms with Crippen molar-refractivity contribution in [3.05, 3.63) is 23.8 Å². The van der Waals surface area contributed by atoms with Crippen LogP contribution in [0.25, 0.3) is 0 Å². The van der Waals surface area contributed by atoms with Crippen LogP contribution in [0, 0.1) is 0 Å². The Morgan fingerprint density at radius 1 is 1.40 bits per heavy atom. The number of phenols is 1. The average molecular weight is 278 g/mol. The number of aliphatic hydroxyl groups is 1. The lowest BCUT2D eigenvalue weighted by molar-refractivity contribution is -0.128. The van der Waals surface area contributed by atoms with Gasteiger partial charge in [0, 0.05) is 12.8 Å². The van der Waals surface area contributed by atoms with Gasteiger partial charge in [-0.3, -0.25) is 4.79 Å². The molecule has 0 unspecified atom stereocenters.